The minimum absolute atomic E-state index is 0.518. The third-order valence-corrected chi connectivity index (χ3v) is 4.31. The third kappa shape index (κ3) is 3.27. The molecule has 0 aliphatic rings. The van der Waals surface area contributed by atoms with E-state index in [4.69, 9.17) is 9.47 Å². The number of pyridine rings is 1. The van der Waals surface area contributed by atoms with Crippen molar-refractivity contribution in [3.05, 3.63) is 60.6 Å². The summed E-state index contributed by atoms with van der Waals surface area (Å²) >= 11 is 0. The molecule has 0 unspecified atom stereocenters. The van der Waals surface area contributed by atoms with Gasteiger partial charge in [-0.15, -0.1) is 0 Å². The lowest BCUT2D eigenvalue weighted by Crippen LogP contribution is -2.02. The molecule has 3 aromatic heterocycles. The minimum Gasteiger partial charge on any atom is -0.497 e. The zero-order valence-electron chi connectivity index (χ0n) is 15.3. The lowest BCUT2D eigenvalue weighted by atomic mass is 10.2. The molecule has 0 fully saturated rings. The Morgan fingerprint density at radius 3 is 2.44 bits per heavy atom. The monoisotopic (exact) mass is 361 g/mol. The van der Waals surface area contributed by atoms with Crippen molar-refractivity contribution in [2.75, 3.05) is 19.5 Å². The second-order valence-corrected chi connectivity index (χ2v) is 6.02. The van der Waals surface area contributed by atoms with Gasteiger partial charge in [0.1, 0.15) is 17.3 Å². The van der Waals surface area contributed by atoms with Crippen LogP contribution in [0.25, 0.3) is 16.9 Å². The van der Waals surface area contributed by atoms with Gasteiger partial charge in [-0.3, -0.25) is 4.57 Å². The molecule has 136 valence electrons. The first-order valence-corrected chi connectivity index (χ1v) is 8.44. The molecule has 4 aromatic rings. The second kappa shape index (κ2) is 6.95. The Balaban J connectivity index is 1.69. The van der Waals surface area contributed by atoms with Crippen LogP contribution in [0.4, 0.5) is 11.6 Å². The Bertz CT molecular complexity index is 1090. The van der Waals surface area contributed by atoms with Gasteiger partial charge in [0.25, 0.3) is 0 Å². The van der Waals surface area contributed by atoms with E-state index in [1.165, 1.54) is 0 Å². The minimum atomic E-state index is 0.518. The summed E-state index contributed by atoms with van der Waals surface area (Å²) in [5.74, 6) is 2.80. The van der Waals surface area contributed by atoms with Crippen LogP contribution < -0.4 is 14.8 Å². The standard InChI is InChI=1S/C20H19N5O2/c1-13-10-15(26-2)4-6-17(13)23-20-22-11-14-8-9-25(19(14)24-20)18-7-5-16(27-3)12-21-18/h4-12H,1-3H3,(H,22,23,24). The number of ether oxygens (including phenoxy) is 2. The average molecular weight is 361 g/mol. The molecule has 4 rings (SSSR count). The largest absolute Gasteiger partial charge is 0.497 e. The van der Waals surface area contributed by atoms with Crippen LogP contribution >= 0.6 is 0 Å². The van der Waals surface area contributed by atoms with Crippen molar-refractivity contribution in [3.8, 4) is 17.3 Å². The number of anilines is 2. The van der Waals surface area contributed by atoms with E-state index in [1.807, 2.05) is 54.1 Å². The Labute approximate surface area is 156 Å². The van der Waals surface area contributed by atoms with E-state index < -0.39 is 0 Å². The molecule has 0 aliphatic heterocycles. The fraction of sp³-hybridized carbons (Fsp3) is 0.150. The number of nitrogens with one attached hydrogen (secondary N) is 1. The summed E-state index contributed by atoms with van der Waals surface area (Å²) in [6.07, 6.45) is 5.41. The van der Waals surface area contributed by atoms with E-state index >= 15 is 0 Å². The zero-order chi connectivity index (χ0) is 18.8. The Morgan fingerprint density at radius 2 is 1.74 bits per heavy atom. The molecule has 1 aromatic carbocycles. The van der Waals surface area contributed by atoms with Gasteiger partial charge in [0.05, 0.1) is 20.4 Å². The van der Waals surface area contributed by atoms with E-state index in [2.05, 4.69) is 20.3 Å². The van der Waals surface area contributed by atoms with Crippen LogP contribution in [0.2, 0.25) is 0 Å². The molecule has 7 nitrogen and oxygen atoms in total. The van der Waals surface area contributed by atoms with Crippen LogP contribution in [0.15, 0.2) is 55.0 Å². The van der Waals surface area contributed by atoms with Gasteiger partial charge in [-0.25, -0.2) is 9.97 Å². The molecule has 0 bridgehead atoms. The molecule has 0 saturated carbocycles. The Morgan fingerprint density at radius 1 is 0.926 bits per heavy atom. The molecular weight excluding hydrogens is 342 g/mol. The van der Waals surface area contributed by atoms with Gasteiger partial charge in [-0.05, 0) is 48.9 Å². The topological polar surface area (TPSA) is 74.1 Å². The fourth-order valence-corrected chi connectivity index (χ4v) is 2.82. The molecule has 0 radical (unpaired) electrons. The van der Waals surface area contributed by atoms with Crippen molar-refractivity contribution >= 4 is 22.7 Å². The summed E-state index contributed by atoms with van der Waals surface area (Å²) in [7, 11) is 3.27. The van der Waals surface area contributed by atoms with Gasteiger partial charge in [0.2, 0.25) is 5.95 Å². The van der Waals surface area contributed by atoms with E-state index in [0.717, 1.165) is 33.9 Å². The van der Waals surface area contributed by atoms with Gasteiger partial charge in [0, 0.05) is 23.5 Å². The first kappa shape index (κ1) is 16.8. The predicted octanol–water partition coefficient (Wildman–Crippen LogP) is 3.88. The summed E-state index contributed by atoms with van der Waals surface area (Å²) in [5, 5.41) is 4.21. The highest BCUT2D eigenvalue weighted by Gasteiger charge is 2.09. The van der Waals surface area contributed by atoms with E-state index in [1.54, 1.807) is 26.6 Å². The maximum atomic E-state index is 5.25. The molecule has 0 atom stereocenters. The molecular formula is C20H19N5O2. The van der Waals surface area contributed by atoms with Gasteiger partial charge in [-0.1, -0.05) is 0 Å². The summed E-state index contributed by atoms with van der Waals surface area (Å²) in [5.41, 5.74) is 2.75. The van der Waals surface area contributed by atoms with Crippen LogP contribution in [0.3, 0.4) is 0 Å². The molecule has 27 heavy (non-hydrogen) atoms. The highest BCUT2D eigenvalue weighted by Crippen LogP contribution is 2.25. The van der Waals surface area contributed by atoms with E-state index in [-0.39, 0.29) is 0 Å². The summed E-state index contributed by atoms with van der Waals surface area (Å²) in [6.45, 7) is 2.01. The summed E-state index contributed by atoms with van der Waals surface area (Å²) < 4.78 is 12.3. The zero-order valence-corrected chi connectivity index (χ0v) is 15.3. The fourth-order valence-electron chi connectivity index (χ4n) is 2.82. The Kier molecular flexibility index (Phi) is 4.33. The molecule has 1 N–H and O–H groups in total. The molecule has 7 heteroatoms. The lowest BCUT2D eigenvalue weighted by Gasteiger charge is -2.10. The van der Waals surface area contributed by atoms with Gasteiger partial charge in [0.15, 0.2) is 5.65 Å². The number of aryl methyl sites for hydroxylation is 1. The molecule has 3 heterocycles. The maximum Gasteiger partial charge on any atom is 0.229 e. The summed E-state index contributed by atoms with van der Waals surface area (Å²) in [6, 6.07) is 11.5. The normalized spacial score (nSPS) is 10.8. The van der Waals surface area contributed by atoms with Crippen molar-refractivity contribution < 1.29 is 9.47 Å². The van der Waals surface area contributed by atoms with Crippen molar-refractivity contribution in [2.45, 2.75) is 6.92 Å². The van der Waals surface area contributed by atoms with Crippen LogP contribution in [0.5, 0.6) is 11.5 Å². The smallest absolute Gasteiger partial charge is 0.229 e. The van der Waals surface area contributed by atoms with Crippen LogP contribution in [-0.4, -0.2) is 33.7 Å². The predicted molar refractivity (Wildman–Crippen MR) is 104 cm³/mol. The number of methoxy groups -OCH3 is 2. The number of hydrogen-bond donors (Lipinski definition) is 1. The van der Waals surface area contributed by atoms with Gasteiger partial charge in [-0.2, -0.15) is 4.98 Å². The van der Waals surface area contributed by atoms with Crippen molar-refractivity contribution in [2.24, 2.45) is 0 Å². The summed E-state index contributed by atoms with van der Waals surface area (Å²) in [4.78, 5) is 13.5. The average Bonchev–Trinajstić information content (AvgIpc) is 3.13. The number of fused-ring (bicyclic) bond motifs is 1. The van der Waals surface area contributed by atoms with E-state index in [0.29, 0.717) is 11.7 Å². The van der Waals surface area contributed by atoms with Crippen LogP contribution in [0, 0.1) is 6.92 Å². The van der Waals surface area contributed by atoms with Crippen molar-refractivity contribution in [3.63, 3.8) is 0 Å². The first-order chi connectivity index (χ1) is 13.2. The van der Waals surface area contributed by atoms with Gasteiger partial charge >= 0.3 is 0 Å². The number of hydrogen-bond acceptors (Lipinski definition) is 6. The highest BCUT2D eigenvalue weighted by molar-refractivity contribution is 5.78. The molecule has 0 aliphatic carbocycles. The molecule has 0 saturated heterocycles. The SMILES string of the molecule is COc1ccc(-n2ccc3cnc(Nc4ccc(OC)cc4C)nc32)nc1. The number of benzene rings is 1. The maximum absolute atomic E-state index is 5.25. The third-order valence-electron chi connectivity index (χ3n) is 4.31. The molecule has 0 amide bonds. The van der Waals surface area contributed by atoms with Crippen LogP contribution in [0.1, 0.15) is 5.56 Å². The van der Waals surface area contributed by atoms with Crippen LogP contribution in [-0.2, 0) is 0 Å². The van der Waals surface area contributed by atoms with Gasteiger partial charge < -0.3 is 14.8 Å². The second-order valence-electron chi connectivity index (χ2n) is 6.02. The quantitative estimate of drug-likeness (QED) is 0.581. The Hall–Kier alpha value is -3.61. The number of aromatic nitrogens is 4. The lowest BCUT2D eigenvalue weighted by molar-refractivity contribution is 0.413. The number of rotatable bonds is 5. The van der Waals surface area contributed by atoms with E-state index in [9.17, 15) is 0 Å². The highest BCUT2D eigenvalue weighted by atomic mass is 16.5. The van der Waals surface area contributed by atoms with Crippen molar-refractivity contribution in [1.82, 2.24) is 19.5 Å². The first-order valence-electron chi connectivity index (χ1n) is 8.44. The van der Waals surface area contributed by atoms with Crippen molar-refractivity contribution in [1.29, 1.82) is 0 Å². The molecule has 0 spiro atoms. The number of nitrogens with zero attached hydrogens (tertiary/aromatic N) is 4.